The molecule has 0 amide bonds. The van der Waals surface area contributed by atoms with Crippen LogP contribution in [0.5, 0.6) is 0 Å². The van der Waals surface area contributed by atoms with E-state index in [0.717, 1.165) is 0 Å². The SMILES string of the molecule is CC1(C(F)F)C(Br)=CC=C(N)C1N. The summed E-state index contributed by atoms with van der Waals surface area (Å²) >= 11 is 3.08. The van der Waals surface area contributed by atoms with Gasteiger partial charge in [0.25, 0.3) is 0 Å². The van der Waals surface area contributed by atoms with E-state index in [1.807, 2.05) is 0 Å². The number of rotatable bonds is 1. The third-order valence-electron chi connectivity index (χ3n) is 2.40. The van der Waals surface area contributed by atoms with Gasteiger partial charge < -0.3 is 11.5 Å². The minimum absolute atomic E-state index is 0.283. The summed E-state index contributed by atoms with van der Waals surface area (Å²) in [6, 6.07) is -0.841. The molecule has 0 saturated heterocycles. The fraction of sp³-hybridized carbons (Fsp3) is 0.500. The molecule has 1 rings (SSSR count). The number of allylic oxidation sites excluding steroid dienone is 2. The number of hydrogen-bond donors (Lipinski definition) is 2. The second-order valence-electron chi connectivity index (χ2n) is 3.24. The molecule has 0 bridgehead atoms. The highest BCUT2D eigenvalue weighted by Crippen LogP contribution is 2.43. The minimum Gasteiger partial charge on any atom is -0.401 e. The second kappa shape index (κ2) is 3.38. The van der Waals surface area contributed by atoms with E-state index >= 15 is 0 Å². The van der Waals surface area contributed by atoms with E-state index in [2.05, 4.69) is 15.9 Å². The monoisotopic (exact) mass is 252 g/mol. The zero-order valence-electron chi connectivity index (χ0n) is 7.10. The summed E-state index contributed by atoms with van der Waals surface area (Å²) in [6.07, 6.45) is 0.518. The topological polar surface area (TPSA) is 52.0 Å². The van der Waals surface area contributed by atoms with Crippen molar-refractivity contribution >= 4 is 15.9 Å². The first-order chi connectivity index (χ1) is 5.90. The van der Waals surface area contributed by atoms with E-state index in [1.54, 1.807) is 6.08 Å². The molecule has 2 atom stereocenters. The molecular formula is C8H11BrF2N2. The summed E-state index contributed by atoms with van der Waals surface area (Å²) in [5, 5.41) is 0. The molecule has 0 fully saturated rings. The molecule has 0 aromatic heterocycles. The van der Waals surface area contributed by atoms with E-state index in [4.69, 9.17) is 11.5 Å². The van der Waals surface area contributed by atoms with Crippen LogP contribution in [0.15, 0.2) is 22.3 Å². The molecular weight excluding hydrogens is 242 g/mol. The van der Waals surface area contributed by atoms with Gasteiger partial charge in [0.1, 0.15) is 0 Å². The molecule has 0 heterocycles. The lowest BCUT2D eigenvalue weighted by Crippen LogP contribution is -2.49. The van der Waals surface area contributed by atoms with Crippen LogP contribution >= 0.6 is 15.9 Å². The van der Waals surface area contributed by atoms with Crippen molar-refractivity contribution in [3.63, 3.8) is 0 Å². The average Bonchev–Trinajstić information content (AvgIpc) is 2.08. The highest BCUT2D eigenvalue weighted by molar-refractivity contribution is 9.11. The fourth-order valence-corrected chi connectivity index (χ4v) is 1.74. The van der Waals surface area contributed by atoms with Crippen LogP contribution < -0.4 is 11.5 Å². The van der Waals surface area contributed by atoms with Crippen LogP contribution in [0.4, 0.5) is 8.78 Å². The Labute approximate surface area is 83.8 Å². The minimum atomic E-state index is -2.54. The first kappa shape index (κ1) is 10.7. The molecule has 5 heteroatoms. The Bertz CT molecular complexity index is 275. The summed E-state index contributed by atoms with van der Waals surface area (Å²) in [6.45, 7) is 1.39. The van der Waals surface area contributed by atoms with Crippen LogP contribution in [-0.2, 0) is 0 Å². The molecule has 0 spiro atoms. The number of halogens is 3. The van der Waals surface area contributed by atoms with Gasteiger partial charge in [-0.3, -0.25) is 0 Å². The lowest BCUT2D eigenvalue weighted by atomic mass is 9.78. The van der Waals surface area contributed by atoms with E-state index in [-0.39, 0.29) is 5.70 Å². The van der Waals surface area contributed by atoms with Gasteiger partial charge in [-0.05, 0) is 19.1 Å². The van der Waals surface area contributed by atoms with Crippen molar-refractivity contribution in [2.45, 2.75) is 19.4 Å². The number of hydrogen-bond acceptors (Lipinski definition) is 2. The molecule has 0 aromatic rings. The summed E-state index contributed by atoms with van der Waals surface area (Å²) in [7, 11) is 0. The molecule has 0 radical (unpaired) electrons. The lowest BCUT2D eigenvalue weighted by Gasteiger charge is -2.36. The normalized spacial score (nSPS) is 34.5. The Balaban J connectivity index is 3.12. The van der Waals surface area contributed by atoms with E-state index in [9.17, 15) is 8.78 Å². The quantitative estimate of drug-likeness (QED) is 0.747. The van der Waals surface area contributed by atoms with Crippen molar-refractivity contribution in [2.75, 3.05) is 0 Å². The van der Waals surface area contributed by atoms with Crippen LogP contribution in [0.1, 0.15) is 6.92 Å². The third-order valence-corrected chi connectivity index (χ3v) is 3.51. The average molecular weight is 253 g/mol. The van der Waals surface area contributed by atoms with E-state index in [0.29, 0.717) is 4.48 Å². The first-order valence-corrected chi connectivity index (χ1v) is 4.57. The van der Waals surface area contributed by atoms with E-state index in [1.165, 1.54) is 13.0 Å². The molecule has 13 heavy (non-hydrogen) atoms. The van der Waals surface area contributed by atoms with Gasteiger partial charge in [0, 0.05) is 10.2 Å². The second-order valence-corrected chi connectivity index (χ2v) is 4.10. The summed E-state index contributed by atoms with van der Waals surface area (Å²) < 4.78 is 25.9. The maximum absolute atomic E-state index is 12.7. The number of nitrogens with two attached hydrogens (primary N) is 2. The largest absolute Gasteiger partial charge is 0.401 e. The van der Waals surface area contributed by atoms with Crippen LogP contribution in [0.3, 0.4) is 0 Å². The molecule has 0 aromatic carbocycles. The molecule has 4 N–H and O–H groups in total. The van der Waals surface area contributed by atoms with E-state index < -0.39 is 17.9 Å². The van der Waals surface area contributed by atoms with Gasteiger partial charge in [-0.1, -0.05) is 15.9 Å². The van der Waals surface area contributed by atoms with Crippen LogP contribution in [0.25, 0.3) is 0 Å². The van der Waals surface area contributed by atoms with Crippen molar-refractivity contribution in [3.05, 3.63) is 22.3 Å². The van der Waals surface area contributed by atoms with Crippen molar-refractivity contribution in [2.24, 2.45) is 16.9 Å². The fourth-order valence-electron chi connectivity index (χ4n) is 1.19. The van der Waals surface area contributed by atoms with Gasteiger partial charge in [-0.25, -0.2) is 8.78 Å². The van der Waals surface area contributed by atoms with Crippen molar-refractivity contribution in [3.8, 4) is 0 Å². The Kier molecular flexibility index (Phi) is 2.77. The van der Waals surface area contributed by atoms with Gasteiger partial charge >= 0.3 is 0 Å². The summed E-state index contributed by atoms with van der Waals surface area (Å²) in [4.78, 5) is 0. The third kappa shape index (κ3) is 1.50. The first-order valence-electron chi connectivity index (χ1n) is 3.77. The molecule has 1 aliphatic carbocycles. The maximum Gasteiger partial charge on any atom is 0.250 e. The lowest BCUT2D eigenvalue weighted by molar-refractivity contribution is 0.0266. The Hall–Kier alpha value is -0.420. The van der Waals surface area contributed by atoms with Crippen molar-refractivity contribution in [1.82, 2.24) is 0 Å². The Morgan fingerprint density at radius 3 is 2.46 bits per heavy atom. The molecule has 2 nitrogen and oxygen atoms in total. The molecule has 0 saturated carbocycles. The predicted octanol–water partition coefficient (Wildman–Crippen LogP) is 1.72. The molecule has 0 aliphatic heterocycles. The van der Waals surface area contributed by atoms with Gasteiger partial charge in [-0.2, -0.15) is 0 Å². The van der Waals surface area contributed by atoms with Gasteiger partial charge in [0.2, 0.25) is 6.43 Å². The summed E-state index contributed by atoms with van der Waals surface area (Å²) in [5.74, 6) is 0. The van der Waals surface area contributed by atoms with Crippen molar-refractivity contribution in [1.29, 1.82) is 0 Å². The standard InChI is InChI=1S/C8H11BrF2N2/c1-8(7(10)11)5(9)3-2-4(12)6(8)13/h2-3,6-7H,12-13H2,1H3. The molecule has 2 unspecified atom stereocenters. The summed E-state index contributed by atoms with van der Waals surface area (Å²) in [5.41, 5.74) is 9.97. The highest BCUT2D eigenvalue weighted by atomic mass is 79.9. The van der Waals surface area contributed by atoms with Crippen LogP contribution in [0.2, 0.25) is 0 Å². The van der Waals surface area contributed by atoms with Gasteiger partial charge in [0.15, 0.2) is 0 Å². The smallest absolute Gasteiger partial charge is 0.250 e. The van der Waals surface area contributed by atoms with Crippen LogP contribution in [-0.4, -0.2) is 12.5 Å². The zero-order valence-corrected chi connectivity index (χ0v) is 8.68. The van der Waals surface area contributed by atoms with Gasteiger partial charge in [-0.15, -0.1) is 0 Å². The maximum atomic E-state index is 12.7. The Morgan fingerprint density at radius 2 is 2.08 bits per heavy atom. The van der Waals surface area contributed by atoms with Gasteiger partial charge in [0.05, 0.1) is 11.5 Å². The predicted molar refractivity (Wildman–Crippen MR) is 51.4 cm³/mol. The number of alkyl halides is 2. The van der Waals surface area contributed by atoms with Crippen molar-refractivity contribution < 1.29 is 8.78 Å². The van der Waals surface area contributed by atoms with Crippen LogP contribution in [0, 0.1) is 5.41 Å². The molecule has 74 valence electrons. The zero-order chi connectivity index (χ0) is 10.2. The highest BCUT2D eigenvalue weighted by Gasteiger charge is 2.45. The molecule has 1 aliphatic rings. The Morgan fingerprint density at radius 1 is 1.54 bits per heavy atom.